The van der Waals surface area contributed by atoms with Gasteiger partial charge in [0.25, 0.3) is 0 Å². The van der Waals surface area contributed by atoms with E-state index in [1.165, 1.54) is 0 Å². The highest BCUT2D eigenvalue weighted by molar-refractivity contribution is 7.91. The highest BCUT2D eigenvalue weighted by Crippen LogP contribution is 2.31. The fraction of sp³-hybridized carbons (Fsp3) is 0.562. The Morgan fingerprint density at radius 2 is 2.04 bits per heavy atom. The van der Waals surface area contributed by atoms with Gasteiger partial charge >= 0.3 is 0 Å². The van der Waals surface area contributed by atoms with Gasteiger partial charge in [-0.15, -0.1) is 0 Å². The van der Waals surface area contributed by atoms with Crippen LogP contribution >= 0.6 is 0 Å². The van der Waals surface area contributed by atoms with Gasteiger partial charge in [0.15, 0.2) is 21.3 Å². The average molecular weight is 341 g/mol. The van der Waals surface area contributed by atoms with Crippen LogP contribution in [0.25, 0.3) is 0 Å². The molecule has 1 atom stereocenters. The summed E-state index contributed by atoms with van der Waals surface area (Å²) in [6.07, 6.45) is 1.34. The zero-order valence-corrected chi connectivity index (χ0v) is 14.6. The van der Waals surface area contributed by atoms with Crippen LogP contribution in [0.5, 0.6) is 11.5 Å². The quantitative estimate of drug-likeness (QED) is 0.779. The van der Waals surface area contributed by atoms with Gasteiger partial charge < -0.3 is 14.4 Å². The van der Waals surface area contributed by atoms with E-state index in [0.29, 0.717) is 30.8 Å². The second kappa shape index (κ2) is 7.21. The third-order valence-corrected chi connectivity index (χ3v) is 5.99. The summed E-state index contributed by atoms with van der Waals surface area (Å²) in [5.74, 6) is 1.44. The Kier molecular flexibility index (Phi) is 5.51. The van der Waals surface area contributed by atoms with Crippen molar-refractivity contribution >= 4 is 15.7 Å². The molecule has 0 aromatic heterocycles. The van der Waals surface area contributed by atoms with E-state index in [1.54, 1.807) is 32.2 Å². The summed E-state index contributed by atoms with van der Waals surface area (Å²) in [6.45, 7) is 0. The molecule has 0 N–H and O–H groups in total. The van der Waals surface area contributed by atoms with Crippen molar-refractivity contribution < 1.29 is 22.7 Å². The maximum Gasteiger partial charge on any atom is 0.222 e. The Morgan fingerprint density at radius 3 is 2.61 bits per heavy atom. The van der Waals surface area contributed by atoms with Gasteiger partial charge in [-0.25, -0.2) is 8.42 Å². The molecule has 1 aromatic carbocycles. The predicted molar refractivity (Wildman–Crippen MR) is 87.7 cm³/mol. The van der Waals surface area contributed by atoms with Crippen molar-refractivity contribution in [3.63, 3.8) is 0 Å². The number of sulfone groups is 1. The van der Waals surface area contributed by atoms with Crippen molar-refractivity contribution in [1.29, 1.82) is 0 Å². The number of rotatable bonds is 6. The fourth-order valence-corrected chi connectivity index (χ4v) is 4.63. The molecule has 6 nitrogen and oxygen atoms in total. The van der Waals surface area contributed by atoms with E-state index in [0.717, 1.165) is 5.56 Å². The molecule has 7 heteroatoms. The van der Waals surface area contributed by atoms with Gasteiger partial charge in [-0.2, -0.15) is 0 Å². The lowest BCUT2D eigenvalue weighted by Crippen LogP contribution is -2.37. The molecule has 1 heterocycles. The number of ether oxygens (including phenoxy) is 2. The van der Waals surface area contributed by atoms with Gasteiger partial charge in [0.05, 0.1) is 25.7 Å². The smallest absolute Gasteiger partial charge is 0.222 e. The molecule has 1 aliphatic heterocycles. The number of hydrogen-bond donors (Lipinski definition) is 0. The number of carbonyl (C=O) groups excluding carboxylic acids is 1. The summed E-state index contributed by atoms with van der Waals surface area (Å²) in [4.78, 5) is 13.9. The monoisotopic (exact) mass is 341 g/mol. The van der Waals surface area contributed by atoms with Gasteiger partial charge in [-0.1, -0.05) is 12.1 Å². The Bertz CT molecular complexity index is 671. The number of aryl methyl sites for hydroxylation is 1. The molecule has 0 bridgehead atoms. The molecule has 1 aliphatic rings. The van der Waals surface area contributed by atoms with Crippen LogP contribution in [0.3, 0.4) is 0 Å². The first-order chi connectivity index (χ1) is 10.9. The van der Waals surface area contributed by atoms with Crippen LogP contribution in [0.1, 0.15) is 18.4 Å². The number of amides is 1. The Hall–Kier alpha value is -1.76. The molecule has 23 heavy (non-hydrogen) atoms. The molecule has 1 saturated heterocycles. The lowest BCUT2D eigenvalue weighted by Gasteiger charge is -2.23. The highest BCUT2D eigenvalue weighted by Gasteiger charge is 2.32. The van der Waals surface area contributed by atoms with Crippen molar-refractivity contribution in [3.8, 4) is 11.5 Å². The molecule has 0 aliphatic carbocycles. The summed E-state index contributed by atoms with van der Waals surface area (Å²) >= 11 is 0. The predicted octanol–water partition coefficient (Wildman–Crippen LogP) is 1.28. The maximum absolute atomic E-state index is 12.3. The Morgan fingerprint density at radius 1 is 1.30 bits per heavy atom. The topological polar surface area (TPSA) is 72.9 Å². The molecule has 2 rings (SSSR count). The Labute approximate surface area is 137 Å². The maximum atomic E-state index is 12.3. The van der Waals surface area contributed by atoms with Gasteiger partial charge in [-0.05, 0) is 24.5 Å². The van der Waals surface area contributed by atoms with Crippen molar-refractivity contribution in [1.82, 2.24) is 4.90 Å². The zero-order chi connectivity index (χ0) is 17.0. The van der Waals surface area contributed by atoms with Crippen molar-refractivity contribution in [2.75, 3.05) is 32.8 Å². The summed E-state index contributed by atoms with van der Waals surface area (Å²) in [5, 5.41) is 0. The normalized spacial score (nSPS) is 19.3. The van der Waals surface area contributed by atoms with Crippen LogP contribution in [0.15, 0.2) is 18.2 Å². The minimum absolute atomic E-state index is 0.0584. The minimum Gasteiger partial charge on any atom is -0.493 e. The van der Waals surface area contributed by atoms with Crippen LogP contribution in [0, 0.1) is 0 Å². The van der Waals surface area contributed by atoms with Crippen LogP contribution < -0.4 is 9.47 Å². The number of carbonyl (C=O) groups is 1. The molecule has 0 unspecified atom stereocenters. The van der Waals surface area contributed by atoms with Crippen molar-refractivity contribution in [2.45, 2.75) is 25.3 Å². The second-order valence-electron chi connectivity index (χ2n) is 5.71. The first kappa shape index (κ1) is 17.6. The van der Waals surface area contributed by atoms with Crippen LogP contribution in [-0.4, -0.2) is 58.0 Å². The molecule has 1 fully saturated rings. The number of methoxy groups -OCH3 is 2. The van der Waals surface area contributed by atoms with Gasteiger partial charge in [-0.3, -0.25) is 4.79 Å². The third-order valence-electron chi connectivity index (χ3n) is 4.24. The van der Waals surface area contributed by atoms with Crippen molar-refractivity contribution in [2.24, 2.45) is 0 Å². The summed E-state index contributed by atoms with van der Waals surface area (Å²) < 4.78 is 33.7. The molecular formula is C16H23NO5S. The average Bonchev–Trinajstić information content (AvgIpc) is 2.91. The fourth-order valence-electron chi connectivity index (χ4n) is 2.85. The van der Waals surface area contributed by atoms with Gasteiger partial charge in [0.1, 0.15) is 0 Å². The number of hydrogen-bond acceptors (Lipinski definition) is 5. The summed E-state index contributed by atoms with van der Waals surface area (Å²) in [6, 6.07) is 5.35. The molecular weight excluding hydrogens is 318 g/mol. The third kappa shape index (κ3) is 4.16. The standard InChI is InChI=1S/C16H23NO5S/c1-17(13-9-10-23(19,20)11-13)15(18)8-7-12-5-4-6-14(21-2)16(12)22-3/h4-6,13H,7-11H2,1-3H3/t13-/m1/s1. The summed E-state index contributed by atoms with van der Waals surface area (Å²) in [7, 11) is 1.82. The Balaban J connectivity index is 1.99. The molecule has 1 aromatic rings. The zero-order valence-electron chi connectivity index (χ0n) is 13.7. The van der Waals surface area contributed by atoms with E-state index >= 15 is 0 Å². The number of benzene rings is 1. The van der Waals surface area contributed by atoms with Gasteiger partial charge in [0.2, 0.25) is 5.91 Å². The van der Waals surface area contributed by atoms with E-state index in [2.05, 4.69) is 0 Å². The van der Waals surface area contributed by atoms with E-state index in [1.807, 2.05) is 12.1 Å². The minimum atomic E-state index is -2.99. The van der Waals surface area contributed by atoms with Crippen LogP contribution in [0.4, 0.5) is 0 Å². The molecule has 128 valence electrons. The number of para-hydroxylation sites is 1. The van der Waals surface area contributed by atoms with Crippen molar-refractivity contribution in [3.05, 3.63) is 23.8 Å². The van der Waals surface area contributed by atoms with E-state index < -0.39 is 9.84 Å². The van der Waals surface area contributed by atoms with Crippen LogP contribution in [0.2, 0.25) is 0 Å². The number of nitrogens with zero attached hydrogens (tertiary/aromatic N) is 1. The molecule has 0 saturated carbocycles. The molecule has 0 spiro atoms. The first-order valence-corrected chi connectivity index (χ1v) is 9.36. The lowest BCUT2D eigenvalue weighted by atomic mass is 10.1. The van der Waals surface area contributed by atoms with Gasteiger partial charge in [0, 0.05) is 19.5 Å². The highest BCUT2D eigenvalue weighted by atomic mass is 32.2. The van der Waals surface area contributed by atoms with E-state index in [9.17, 15) is 13.2 Å². The van der Waals surface area contributed by atoms with E-state index in [-0.39, 0.29) is 23.5 Å². The largest absolute Gasteiger partial charge is 0.493 e. The molecule has 0 radical (unpaired) electrons. The summed E-state index contributed by atoms with van der Waals surface area (Å²) in [5.41, 5.74) is 0.896. The second-order valence-corrected chi connectivity index (χ2v) is 7.94. The van der Waals surface area contributed by atoms with E-state index in [4.69, 9.17) is 9.47 Å². The van der Waals surface area contributed by atoms with Crippen LogP contribution in [-0.2, 0) is 21.1 Å². The lowest BCUT2D eigenvalue weighted by molar-refractivity contribution is -0.131. The molecule has 1 amide bonds. The SMILES string of the molecule is COc1cccc(CCC(=O)N(C)[C@@H]2CCS(=O)(=O)C2)c1OC. The first-order valence-electron chi connectivity index (χ1n) is 7.54.